The fraction of sp³-hybridized carbons (Fsp3) is 0.0625. The van der Waals surface area contributed by atoms with E-state index in [1.807, 2.05) is 60.9 Å². The molecule has 0 fully saturated rings. The van der Waals surface area contributed by atoms with Gasteiger partial charge in [-0.25, -0.2) is 0 Å². The summed E-state index contributed by atoms with van der Waals surface area (Å²) in [7, 11) is 0. The van der Waals surface area contributed by atoms with Gasteiger partial charge in [0.25, 0.3) is 5.91 Å². The zero-order chi connectivity index (χ0) is 13.9. The number of carbonyl (C=O) groups is 1. The van der Waals surface area contributed by atoms with E-state index in [0.29, 0.717) is 5.69 Å². The van der Waals surface area contributed by atoms with Crippen molar-refractivity contribution in [1.82, 2.24) is 4.98 Å². The van der Waals surface area contributed by atoms with Crippen LogP contribution in [0.4, 0.5) is 5.69 Å². The summed E-state index contributed by atoms with van der Waals surface area (Å²) in [5.41, 5.74) is 2.38. The molecule has 0 radical (unpaired) electrons. The number of benzene rings is 2. The number of para-hydroxylation sites is 2. The predicted octanol–water partition coefficient (Wildman–Crippen LogP) is 4.14. The average Bonchev–Trinajstić information content (AvgIpc) is 2.92. The van der Waals surface area contributed by atoms with Crippen molar-refractivity contribution < 1.29 is 4.79 Å². The highest BCUT2D eigenvalue weighted by molar-refractivity contribution is 7.98. The molecule has 0 bridgehead atoms. The lowest BCUT2D eigenvalue weighted by Gasteiger charge is -2.07. The van der Waals surface area contributed by atoms with Gasteiger partial charge in [0.1, 0.15) is 5.69 Å². The first-order valence-corrected chi connectivity index (χ1v) is 7.52. The number of fused-ring (bicyclic) bond motifs is 1. The molecule has 3 rings (SSSR count). The van der Waals surface area contributed by atoms with E-state index in [9.17, 15) is 4.79 Å². The second kappa shape index (κ2) is 5.43. The minimum Gasteiger partial charge on any atom is -0.351 e. The van der Waals surface area contributed by atoms with Crippen LogP contribution in [0, 0.1) is 0 Å². The van der Waals surface area contributed by atoms with Crippen LogP contribution in [-0.4, -0.2) is 17.1 Å². The Labute approximate surface area is 121 Å². The SMILES string of the molecule is CSc1ccccc1NC(=O)c1cc2ccccc2[nH]1. The first-order chi connectivity index (χ1) is 9.78. The van der Waals surface area contributed by atoms with E-state index in [-0.39, 0.29) is 5.91 Å². The highest BCUT2D eigenvalue weighted by Gasteiger charge is 2.11. The van der Waals surface area contributed by atoms with Crippen LogP contribution in [-0.2, 0) is 0 Å². The van der Waals surface area contributed by atoms with Crippen molar-refractivity contribution in [2.24, 2.45) is 0 Å². The van der Waals surface area contributed by atoms with Crippen molar-refractivity contribution in [3.05, 3.63) is 60.3 Å². The molecule has 4 heteroatoms. The Morgan fingerprint density at radius 3 is 2.65 bits per heavy atom. The number of aromatic nitrogens is 1. The number of hydrogen-bond donors (Lipinski definition) is 2. The van der Waals surface area contributed by atoms with Crippen molar-refractivity contribution in [2.45, 2.75) is 4.90 Å². The largest absolute Gasteiger partial charge is 0.351 e. The van der Waals surface area contributed by atoms with Gasteiger partial charge in [0.15, 0.2) is 0 Å². The van der Waals surface area contributed by atoms with Crippen LogP contribution < -0.4 is 5.32 Å². The zero-order valence-electron chi connectivity index (χ0n) is 11.0. The number of amides is 1. The molecule has 0 unspecified atom stereocenters. The van der Waals surface area contributed by atoms with Crippen molar-refractivity contribution in [1.29, 1.82) is 0 Å². The molecule has 0 atom stereocenters. The first-order valence-electron chi connectivity index (χ1n) is 6.30. The third-order valence-corrected chi connectivity index (χ3v) is 3.93. The van der Waals surface area contributed by atoms with E-state index in [2.05, 4.69) is 10.3 Å². The Hall–Kier alpha value is -2.20. The number of hydrogen-bond acceptors (Lipinski definition) is 2. The Kier molecular flexibility index (Phi) is 3.48. The van der Waals surface area contributed by atoms with E-state index in [1.165, 1.54) is 0 Å². The van der Waals surface area contributed by atoms with Crippen molar-refractivity contribution in [3.8, 4) is 0 Å². The molecule has 0 saturated carbocycles. The summed E-state index contributed by atoms with van der Waals surface area (Å²) in [6.45, 7) is 0. The second-order valence-corrected chi connectivity index (χ2v) is 5.27. The van der Waals surface area contributed by atoms with Crippen LogP contribution in [0.3, 0.4) is 0 Å². The summed E-state index contributed by atoms with van der Waals surface area (Å²) in [5.74, 6) is -0.123. The lowest BCUT2D eigenvalue weighted by molar-refractivity contribution is 0.102. The van der Waals surface area contributed by atoms with Crippen molar-refractivity contribution in [2.75, 3.05) is 11.6 Å². The topological polar surface area (TPSA) is 44.9 Å². The number of rotatable bonds is 3. The van der Waals surface area contributed by atoms with Gasteiger partial charge in [-0.15, -0.1) is 11.8 Å². The molecule has 0 spiro atoms. The van der Waals surface area contributed by atoms with Gasteiger partial charge in [-0.3, -0.25) is 4.79 Å². The van der Waals surface area contributed by atoms with E-state index >= 15 is 0 Å². The van der Waals surface area contributed by atoms with Gasteiger partial charge in [0, 0.05) is 15.8 Å². The molecule has 1 aromatic heterocycles. The number of nitrogens with one attached hydrogen (secondary N) is 2. The van der Waals surface area contributed by atoms with E-state index in [0.717, 1.165) is 21.5 Å². The maximum atomic E-state index is 12.3. The van der Waals surface area contributed by atoms with Gasteiger partial charge >= 0.3 is 0 Å². The molecule has 20 heavy (non-hydrogen) atoms. The van der Waals surface area contributed by atoms with Gasteiger partial charge in [0.2, 0.25) is 0 Å². The Bertz CT molecular complexity index is 731. The molecule has 0 saturated heterocycles. The Morgan fingerprint density at radius 2 is 1.85 bits per heavy atom. The molecule has 2 N–H and O–H groups in total. The third-order valence-electron chi connectivity index (χ3n) is 3.13. The van der Waals surface area contributed by atoms with Crippen molar-refractivity contribution >= 4 is 34.3 Å². The summed E-state index contributed by atoms with van der Waals surface area (Å²) < 4.78 is 0. The lowest BCUT2D eigenvalue weighted by Crippen LogP contribution is -2.12. The van der Waals surface area contributed by atoms with Crippen LogP contribution in [0.2, 0.25) is 0 Å². The summed E-state index contributed by atoms with van der Waals surface area (Å²) in [6, 6.07) is 17.5. The molecule has 0 aliphatic heterocycles. The number of H-pyrrole nitrogens is 1. The molecule has 100 valence electrons. The van der Waals surface area contributed by atoms with E-state index < -0.39 is 0 Å². The molecular weight excluding hydrogens is 268 g/mol. The Morgan fingerprint density at radius 1 is 1.10 bits per heavy atom. The quantitative estimate of drug-likeness (QED) is 0.709. The fourth-order valence-electron chi connectivity index (χ4n) is 2.13. The van der Waals surface area contributed by atoms with Crippen LogP contribution in [0.15, 0.2) is 59.5 Å². The monoisotopic (exact) mass is 282 g/mol. The molecule has 3 aromatic rings. The molecule has 1 amide bonds. The van der Waals surface area contributed by atoms with Crippen molar-refractivity contribution in [3.63, 3.8) is 0 Å². The molecule has 2 aromatic carbocycles. The minimum absolute atomic E-state index is 0.123. The van der Waals surface area contributed by atoms with Gasteiger partial charge in [-0.2, -0.15) is 0 Å². The molecule has 0 aliphatic carbocycles. The fourth-order valence-corrected chi connectivity index (χ4v) is 2.69. The summed E-state index contributed by atoms with van der Waals surface area (Å²) in [4.78, 5) is 16.5. The molecule has 3 nitrogen and oxygen atoms in total. The minimum atomic E-state index is -0.123. The second-order valence-electron chi connectivity index (χ2n) is 4.42. The van der Waals surface area contributed by atoms with Gasteiger partial charge in [-0.1, -0.05) is 30.3 Å². The van der Waals surface area contributed by atoms with Crippen LogP contribution in [0.5, 0.6) is 0 Å². The predicted molar refractivity (Wildman–Crippen MR) is 84.5 cm³/mol. The van der Waals surface area contributed by atoms with E-state index in [4.69, 9.17) is 0 Å². The normalized spacial score (nSPS) is 10.7. The summed E-state index contributed by atoms with van der Waals surface area (Å²) in [6.07, 6.45) is 1.99. The molecular formula is C16H14N2OS. The van der Waals surface area contributed by atoms with E-state index in [1.54, 1.807) is 11.8 Å². The molecule has 0 aliphatic rings. The number of carbonyl (C=O) groups excluding carboxylic acids is 1. The number of thioether (sulfide) groups is 1. The average molecular weight is 282 g/mol. The van der Waals surface area contributed by atoms with Crippen LogP contribution in [0.1, 0.15) is 10.5 Å². The standard InChI is InChI=1S/C16H14N2OS/c1-20-15-9-5-4-8-13(15)18-16(19)14-10-11-6-2-3-7-12(11)17-14/h2-10,17H,1H3,(H,18,19). The first kappa shape index (κ1) is 12.8. The highest BCUT2D eigenvalue weighted by Crippen LogP contribution is 2.25. The smallest absolute Gasteiger partial charge is 0.272 e. The van der Waals surface area contributed by atoms with Crippen LogP contribution in [0.25, 0.3) is 10.9 Å². The highest BCUT2D eigenvalue weighted by atomic mass is 32.2. The number of anilines is 1. The van der Waals surface area contributed by atoms with Gasteiger partial charge in [-0.05, 0) is 30.5 Å². The lowest BCUT2D eigenvalue weighted by atomic mass is 10.2. The number of aromatic amines is 1. The third kappa shape index (κ3) is 2.42. The van der Waals surface area contributed by atoms with Gasteiger partial charge in [0.05, 0.1) is 5.69 Å². The maximum Gasteiger partial charge on any atom is 0.272 e. The summed E-state index contributed by atoms with van der Waals surface area (Å²) >= 11 is 1.61. The molecule has 1 heterocycles. The summed E-state index contributed by atoms with van der Waals surface area (Å²) in [5, 5.41) is 3.99. The zero-order valence-corrected chi connectivity index (χ0v) is 11.8. The Balaban J connectivity index is 1.89. The van der Waals surface area contributed by atoms with Crippen LogP contribution >= 0.6 is 11.8 Å². The maximum absolute atomic E-state index is 12.3. The van der Waals surface area contributed by atoms with Gasteiger partial charge < -0.3 is 10.3 Å².